The van der Waals surface area contributed by atoms with Gasteiger partial charge in [-0.2, -0.15) is 0 Å². The summed E-state index contributed by atoms with van der Waals surface area (Å²) >= 11 is 1.52. The third-order valence-corrected chi connectivity index (χ3v) is 6.16. The molecule has 1 aliphatic heterocycles. The normalized spacial score (nSPS) is 19.2. The standard InChI is InChI=1S/C23H29N3O6S/c1-13-19(33-12-24-13)15-8-6-14(7-9-15)18(21(29)31-5)25-20(28)17-10-16(27)11-26(17)22(30)32-23(2,3)4/h6-9,12,16-18,27H,10-11H2,1-5H3,(H,25,28)/t16-,17+,18-/m1/s1. The van der Waals surface area contributed by atoms with Gasteiger partial charge in [-0.3, -0.25) is 9.69 Å². The molecule has 1 aliphatic rings. The van der Waals surface area contributed by atoms with Crippen LogP contribution < -0.4 is 5.32 Å². The summed E-state index contributed by atoms with van der Waals surface area (Å²) in [5, 5.41) is 12.8. The van der Waals surface area contributed by atoms with Crippen LogP contribution in [0.2, 0.25) is 0 Å². The van der Waals surface area contributed by atoms with Gasteiger partial charge in [0.15, 0.2) is 6.04 Å². The summed E-state index contributed by atoms with van der Waals surface area (Å²) in [6.45, 7) is 7.05. The second kappa shape index (κ2) is 9.88. The Morgan fingerprint density at radius 3 is 2.45 bits per heavy atom. The molecule has 3 rings (SSSR count). The fraction of sp³-hybridized carbons (Fsp3) is 0.478. The molecule has 0 bridgehead atoms. The van der Waals surface area contributed by atoms with Crippen LogP contribution in [0.25, 0.3) is 10.4 Å². The number of rotatable bonds is 5. The molecule has 9 nitrogen and oxygen atoms in total. The minimum absolute atomic E-state index is 0.0290. The van der Waals surface area contributed by atoms with Gasteiger partial charge in [-0.15, -0.1) is 11.3 Å². The number of aryl methyl sites for hydroxylation is 1. The van der Waals surface area contributed by atoms with Gasteiger partial charge in [0.2, 0.25) is 5.91 Å². The molecule has 3 atom stereocenters. The van der Waals surface area contributed by atoms with Crippen molar-refractivity contribution < 1.29 is 29.0 Å². The minimum atomic E-state index is -1.07. The predicted octanol–water partition coefficient (Wildman–Crippen LogP) is 2.82. The number of nitrogens with zero attached hydrogens (tertiary/aromatic N) is 2. The van der Waals surface area contributed by atoms with E-state index in [1.807, 2.05) is 19.1 Å². The maximum absolute atomic E-state index is 13.1. The Morgan fingerprint density at radius 1 is 1.24 bits per heavy atom. The van der Waals surface area contributed by atoms with Gasteiger partial charge in [0.1, 0.15) is 11.6 Å². The molecule has 0 radical (unpaired) electrons. The topological polar surface area (TPSA) is 118 Å². The van der Waals surface area contributed by atoms with E-state index in [-0.39, 0.29) is 13.0 Å². The van der Waals surface area contributed by atoms with E-state index in [9.17, 15) is 19.5 Å². The van der Waals surface area contributed by atoms with Crippen LogP contribution in [0.3, 0.4) is 0 Å². The van der Waals surface area contributed by atoms with Crippen LogP contribution in [0.4, 0.5) is 4.79 Å². The van der Waals surface area contributed by atoms with E-state index >= 15 is 0 Å². The number of likely N-dealkylation sites (tertiary alicyclic amines) is 1. The molecule has 0 spiro atoms. The number of aliphatic hydroxyl groups is 1. The number of benzene rings is 1. The van der Waals surface area contributed by atoms with Crippen molar-refractivity contribution >= 4 is 29.3 Å². The van der Waals surface area contributed by atoms with Crippen molar-refractivity contribution in [1.29, 1.82) is 0 Å². The maximum atomic E-state index is 13.1. The lowest BCUT2D eigenvalue weighted by atomic mass is 10.0. The number of thiazole rings is 1. The summed E-state index contributed by atoms with van der Waals surface area (Å²) in [5.74, 6) is -1.22. The second-order valence-electron chi connectivity index (χ2n) is 8.89. The molecule has 1 fully saturated rings. The number of nitrogens with one attached hydrogen (secondary N) is 1. The fourth-order valence-electron chi connectivity index (χ4n) is 3.63. The Hall–Kier alpha value is -2.98. The number of carbonyl (C=O) groups excluding carboxylic acids is 3. The van der Waals surface area contributed by atoms with E-state index in [1.54, 1.807) is 38.4 Å². The Morgan fingerprint density at radius 2 is 1.91 bits per heavy atom. The summed E-state index contributed by atoms with van der Waals surface area (Å²) in [5.41, 5.74) is 3.40. The number of hydrogen-bond acceptors (Lipinski definition) is 8. The van der Waals surface area contributed by atoms with Crippen molar-refractivity contribution in [2.24, 2.45) is 0 Å². The van der Waals surface area contributed by atoms with E-state index in [0.717, 1.165) is 16.1 Å². The molecule has 2 amide bonds. The maximum Gasteiger partial charge on any atom is 0.411 e. The molecular weight excluding hydrogens is 446 g/mol. The molecule has 2 N–H and O–H groups in total. The van der Waals surface area contributed by atoms with E-state index in [4.69, 9.17) is 9.47 Å². The summed E-state index contributed by atoms with van der Waals surface area (Å²) in [4.78, 5) is 44.6. The lowest BCUT2D eigenvalue weighted by Gasteiger charge is -2.28. The van der Waals surface area contributed by atoms with Crippen LogP contribution in [0.5, 0.6) is 0 Å². The molecule has 2 heterocycles. The number of methoxy groups -OCH3 is 1. The number of ether oxygens (including phenoxy) is 2. The molecule has 0 unspecified atom stereocenters. The Bertz CT molecular complexity index is 1010. The second-order valence-corrected chi connectivity index (χ2v) is 9.75. The lowest BCUT2D eigenvalue weighted by Crippen LogP contribution is -2.49. The highest BCUT2D eigenvalue weighted by Crippen LogP contribution is 2.29. The van der Waals surface area contributed by atoms with E-state index < -0.39 is 41.8 Å². The largest absolute Gasteiger partial charge is 0.467 e. The van der Waals surface area contributed by atoms with Crippen LogP contribution in [-0.2, 0) is 19.1 Å². The Kier molecular flexibility index (Phi) is 7.38. The van der Waals surface area contributed by atoms with Crippen LogP contribution in [0.1, 0.15) is 44.5 Å². The monoisotopic (exact) mass is 475 g/mol. The molecule has 1 aromatic carbocycles. The van der Waals surface area contributed by atoms with Gasteiger partial charge >= 0.3 is 12.1 Å². The van der Waals surface area contributed by atoms with Crippen molar-refractivity contribution in [3.8, 4) is 10.4 Å². The zero-order valence-electron chi connectivity index (χ0n) is 19.3. The zero-order chi connectivity index (χ0) is 24.3. The highest BCUT2D eigenvalue weighted by atomic mass is 32.1. The van der Waals surface area contributed by atoms with Gasteiger partial charge in [-0.1, -0.05) is 24.3 Å². The zero-order valence-corrected chi connectivity index (χ0v) is 20.1. The van der Waals surface area contributed by atoms with Gasteiger partial charge in [0, 0.05) is 6.42 Å². The summed E-state index contributed by atoms with van der Waals surface area (Å²) < 4.78 is 10.3. The van der Waals surface area contributed by atoms with Crippen molar-refractivity contribution in [3.63, 3.8) is 0 Å². The van der Waals surface area contributed by atoms with Gasteiger partial charge in [0.05, 0.1) is 35.8 Å². The predicted molar refractivity (Wildman–Crippen MR) is 123 cm³/mol. The molecule has 2 aromatic rings. The molecule has 178 valence electrons. The Labute approximate surface area is 196 Å². The van der Waals surface area contributed by atoms with Gasteiger partial charge < -0.3 is 19.9 Å². The average molecular weight is 476 g/mol. The number of amides is 2. The van der Waals surface area contributed by atoms with Crippen LogP contribution >= 0.6 is 11.3 Å². The van der Waals surface area contributed by atoms with E-state index in [2.05, 4.69) is 10.3 Å². The number of carbonyl (C=O) groups is 3. The van der Waals surface area contributed by atoms with E-state index in [1.165, 1.54) is 23.3 Å². The number of esters is 1. The summed E-state index contributed by atoms with van der Waals surface area (Å²) in [7, 11) is 1.24. The van der Waals surface area contributed by atoms with Crippen LogP contribution in [0, 0.1) is 6.92 Å². The summed E-state index contributed by atoms with van der Waals surface area (Å²) in [6, 6.07) is 5.14. The molecule has 1 saturated heterocycles. The number of hydrogen-bond donors (Lipinski definition) is 2. The van der Waals surface area contributed by atoms with Gasteiger partial charge in [0.25, 0.3) is 0 Å². The number of β-amino-alcohol motifs (C(OH)–C–C–N with tert-alkyl or cyclic N) is 1. The molecule has 10 heteroatoms. The van der Waals surface area contributed by atoms with Crippen LogP contribution in [-0.4, -0.2) is 64.4 Å². The third kappa shape index (κ3) is 5.88. The number of aliphatic hydroxyl groups excluding tert-OH is 1. The quantitative estimate of drug-likeness (QED) is 0.639. The summed E-state index contributed by atoms with van der Waals surface area (Å²) in [6.07, 6.45) is -1.52. The first-order valence-corrected chi connectivity index (χ1v) is 11.4. The first kappa shape index (κ1) is 24.7. The van der Waals surface area contributed by atoms with Gasteiger partial charge in [-0.05, 0) is 38.8 Å². The molecule has 1 aromatic heterocycles. The molecular formula is C23H29N3O6S. The number of aromatic nitrogens is 1. The van der Waals surface area contributed by atoms with Crippen molar-refractivity contribution in [2.75, 3.05) is 13.7 Å². The molecule has 0 saturated carbocycles. The third-order valence-electron chi connectivity index (χ3n) is 5.18. The van der Waals surface area contributed by atoms with Crippen molar-refractivity contribution in [1.82, 2.24) is 15.2 Å². The smallest absolute Gasteiger partial charge is 0.411 e. The van der Waals surface area contributed by atoms with E-state index in [0.29, 0.717) is 5.56 Å². The van der Waals surface area contributed by atoms with Crippen LogP contribution in [0.15, 0.2) is 29.8 Å². The molecule has 33 heavy (non-hydrogen) atoms. The SMILES string of the molecule is COC(=O)[C@H](NC(=O)[C@@H]1C[C@@H](O)CN1C(=O)OC(C)(C)C)c1ccc(-c2scnc2C)cc1. The van der Waals surface area contributed by atoms with Crippen molar-refractivity contribution in [3.05, 3.63) is 41.0 Å². The fourth-order valence-corrected chi connectivity index (χ4v) is 4.44. The average Bonchev–Trinajstić information content (AvgIpc) is 3.36. The first-order valence-electron chi connectivity index (χ1n) is 10.6. The highest BCUT2D eigenvalue weighted by molar-refractivity contribution is 7.13. The lowest BCUT2D eigenvalue weighted by molar-refractivity contribution is -0.145. The minimum Gasteiger partial charge on any atom is -0.467 e. The van der Waals surface area contributed by atoms with Gasteiger partial charge in [-0.25, -0.2) is 14.6 Å². The highest BCUT2D eigenvalue weighted by Gasteiger charge is 2.42. The van der Waals surface area contributed by atoms with Crippen molar-refractivity contribution in [2.45, 2.75) is 57.9 Å². The molecule has 0 aliphatic carbocycles. The Balaban J connectivity index is 1.79. The first-order chi connectivity index (χ1) is 15.5.